The Morgan fingerprint density at radius 1 is 0.842 bits per heavy atom. The van der Waals surface area contributed by atoms with Crippen LogP contribution in [0.4, 0.5) is 0 Å². The third kappa shape index (κ3) is 6.29. The normalized spacial score (nSPS) is 21.9. The standard InChI is InChI=1S/C18H37N/c1-4-6-8-10-12-15-18(3,17-13-16-19-17)14-11-9-7-5-2/h17,19H,4-16H2,1-3H3/t17-,18?/m1/s1. The van der Waals surface area contributed by atoms with Gasteiger partial charge >= 0.3 is 0 Å². The highest BCUT2D eigenvalue weighted by Crippen LogP contribution is 2.38. The molecule has 0 bridgehead atoms. The molecule has 1 heterocycles. The molecule has 19 heavy (non-hydrogen) atoms. The van der Waals surface area contributed by atoms with E-state index >= 15 is 0 Å². The molecule has 1 rings (SSSR count). The molecular weight excluding hydrogens is 230 g/mol. The maximum Gasteiger partial charge on any atom is 0.0133 e. The number of hydrogen-bond acceptors (Lipinski definition) is 1. The Balaban J connectivity index is 2.24. The van der Waals surface area contributed by atoms with Crippen LogP contribution in [0, 0.1) is 5.41 Å². The van der Waals surface area contributed by atoms with Crippen molar-refractivity contribution in [2.75, 3.05) is 6.54 Å². The van der Waals surface area contributed by atoms with Crippen LogP contribution in [0.3, 0.4) is 0 Å². The average Bonchev–Trinajstić information content (AvgIpc) is 2.32. The van der Waals surface area contributed by atoms with Crippen molar-refractivity contribution < 1.29 is 0 Å². The van der Waals surface area contributed by atoms with E-state index in [1.165, 1.54) is 83.6 Å². The molecule has 0 saturated carbocycles. The lowest BCUT2D eigenvalue weighted by atomic mass is 9.70. The van der Waals surface area contributed by atoms with Gasteiger partial charge in [-0.2, -0.15) is 0 Å². The summed E-state index contributed by atoms with van der Waals surface area (Å²) in [5.74, 6) is 0. The summed E-state index contributed by atoms with van der Waals surface area (Å²) >= 11 is 0. The average molecular weight is 268 g/mol. The van der Waals surface area contributed by atoms with E-state index in [1.807, 2.05) is 0 Å². The van der Waals surface area contributed by atoms with Gasteiger partial charge in [0.05, 0.1) is 0 Å². The molecule has 1 heteroatoms. The fourth-order valence-electron chi connectivity index (χ4n) is 3.45. The molecule has 0 aromatic rings. The van der Waals surface area contributed by atoms with Gasteiger partial charge in [0.1, 0.15) is 0 Å². The largest absolute Gasteiger partial charge is 0.313 e. The van der Waals surface area contributed by atoms with Crippen LogP contribution in [0.25, 0.3) is 0 Å². The molecule has 1 aliphatic heterocycles. The number of rotatable bonds is 12. The topological polar surface area (TPSA) is 12.0 Å². The van der Waals surface area contributed by atoms with Gasteiger partial charge in [-0.25, -0.2) is 0 Å². The third-order valence-corrected chi connectivity index (χ3v) is 5.12. The Labute approximate surface area is 121 Å². The molecule has 2 atom stereocenters. The van der Waals surface area contributed by atoms with Crippen LogP contribution in [0.1, 0.15) is 97.8 Å². The second-order valence-electron chi connectivity index (χ2n) is 6.92. The summed E-state index contributed by atoms with van der Waals surface area (Å²) in [5.41, 5.74) is 0.582. The Morgan fingerprint density at radius 2 is 1.32 bits per heavy atom. The van der Waals surface area contributed by atoms with Crippen molar-refractivity contribution in [2.24, 2.45) is 5.41 Å². The molecule has 0 aromatic heterocycles. The van der Waals surface area contributed by atoms with Crippen molar-refractivity contribution in [3.05, 3.63) is 0 Å². The first kappa shape index (κ1) is 17.0. The lowest BCUT2D eigenvalue weighted by Crippen LogP contribution is -2.53. The number of hydrogen-bond donors (Lipinski definition) is 1. The quantitative estimate of drug-likeness (QED) is 0.448. The molecule has 0 aliphatic carbocycles. The van der Waals surface area contributed by atoms with E-state index in [9.17, 15) is 0 Å². The molecule has 1 unspecified atom stereocenters. The first-order chi connectivity index (χ1) is 9.23. The monoisotopic (exact) mass is 267 g/mol. The van der Waals surface area contributed by atoms with Crippen LogP contribution >= 0.6 is 0 Å². The molecule has 1 fully saturated rings. The van der Waals surface area contributed by atoms with Crippen molar-refractivity contribution in [1.29, 1.82) is 0 Å². The molecule has 0 amide bonds. The predicted octanol–water partition coefficient (Wildman–Crippen LogP) is 5.69. The zero-order chi connectivity index (χ0) is 14.0. The second-order valence-corrected chi connectivity index (χ2v) is 6.92. The molecule has 0 spiro atoms. The Hall–Kier alpha value is -0.0400. The molecular formula is C18H37N. The summed E-state index contributed by atoms with van der Waals surface area (Å²) in [4.78, 5) is 0. The van der Waals surface area contributed by atoms with Crippen molar-refractivity contribution in [3.8, 4) is 0 Å². The molecule has 1 aliphatic rings. The van der Waals surface area contributed by atoms with E-state index in [-0.39, 0.29) is 0 Å². The Kier molecular flexibility index (Phi) is 8.77. The molecule has 0 radical (unpaired) electrons. The number of nitrogens with one attached hydrogen (secondary N) is 1. The third-order valence-electron chi connectivity index (χ3n) is 5.12. The highest BCUT2D eigenvalue weighted by atomic mass is 15.0. The minimum absolute atomic E-state index is 0.582. The van der Waals surface area contributed by atoms with Crippen LogP contribution in [-0.4, -0.2) is 12.6 Å². The summed E-state index contributed by atoms with van der Waals surface area (Å²) < 4.78 is 0. The van der Waals surface area contributed by atoms with Gasteiger partial charge in [-0.1, -0.05) is 78.6 Å². The fraction of sp³-hybridized carbons (Fsp3) is 1.00. The summed E-state index contributed by atoms with van der Waals surface area (Å²) in [7, 11) is 0. The summed E-state index contributed by atoms with van der Waals surface area (Å²) in [5, 5.41) is 3.68. The molecule has 0 aromatic carbocycles. The van der Waals surface area contributed by atoms with Crippen LogP contribution in [0.15, 0.2) is 0 Å². The van der Waals surface area contributed by atoms with Crippen LogP contribution < -0.4 is 5.32 Å². The maximum atomic E-state index is 3.68. The van der Waals surface area contributed by atoms with Gasteiger partial charge in [0, 0.05) is 6.04 Å². The molecule has 1 saturated heterocycles. The van der Waals surface area contributed by atoms with Crippen molar-refractivity contribution in [3.63, 3.8) is 0 Å². The maximum absolute atomic E-state index is 3.68. The fourth-order valence-corrected chi connectivity index (χ4v) is 3.45. The van der Waals surface area contributed by atoms with E-state index in [0.717, 1.165) is 6.04 Å². The molecule has 1 nitrogen and oxygen atoms in total. The first-order valence-electron chi connectivity index (χ1n) is 8.96. The van der Waals surface area contributed by atoms with Gasteiger partial charge in [0.2, 0.25) is 0 Å². The van der Waals surface area contributed by atoms with Crippen LogP contribution in [0.5, 0.6) is 0 Å². The smallest absolute Gasteiger partial charge is 0.0133 e. The minimum atomic E-state index is 0.582. The second kappa shape index (κ2) is 9.80. The van der Waals surface area contributed by atoms with Gasteiger partial charge in [-0.05, 0) is 31.2 Å². The predicted molar refractivity (Wildman–Crippen MR) is 86.6 cm³/mol. The van der Waals surface area contributed by atoms with E-state index < -0.39 is 0 Å². The zero-order valence-corrected chi connectivity index (χ0v) is 13.8. The van der Waals surface area contributed by atoms with E-state index in [0.29, 0.717) is 5.41 Å². The van der Waals surface area contributed by atoms with Crippen LogP contribution in [0.2, 0.25) is 0 Å². The summed E-state index contributed by atoms with van der Waals surface area (Å²) in [6, 6.07) is 0.820. The van der Waals surface area contributed by atoms with E-state index in [4.69, 9.17) is 0 Å². The lowest BCUT2D eigenvalue weighted by Gasteiger charge is -2.44. The summed E-state index contributed by atoms with van der Waals surface area (Å²) in [6.07, 6.45) is 17.1. The summed E-state index contributed by atoms with van der Waals surface area (Å²) in [6.45, 7) is 8.41. The van der Waals surface area contributed by atoms with E-state index in [2.05, 4.69) is 26.1 Å². The van der Waals surface area contributed by atoms with Crippen molar-refractivity contribution in [2.45, 2.75) is 104 Å². The highest BCUT2D eigenvalue weighted by Gasteiger charge is 2.36. The Bertz CT molecular complexity index is 210. The SMILES string of the molecule is CCCCCCCC(C)(CCCCCC)[C@H]1CCN1. The lowest BCUT2D eigenvalue weighted by molar-refractivity contribution is 0.119. The van der Waals surface area contributed by atoms with E-state index in [1.54, 1.807) is 0 Å². The van der Waals surface area contributed by atoms with Gasteiger partial charge in [0.25, 0.3) is 0 Å². The Morgan fingerprint density at radius 3 is 1.74 bits per heavy atom. The van der Waals surface area contributed by atoms with Crippen molar-refractivity contribution in [1.82, 2.24) is 5.32 Å². The van der Waals surface area contributed by atoms with Gasteiger partial charge < -0.3 is 5.32 Å². The first-order valence-corrected chi connectivity index (χ1v) is 8.96. The van der Waals surface area contributed by atoms with Crippen LogP contribution in [-0.2, 0) is 0 Å². The number of unbranched alkanes of at least 4 members (excludes halogenated alkanes) is 7. The highest BCUT2D eigenvalue weighted by molar-refractivity contribution is 4.93. The molecule has 1 N–H and O–H groups in total. The zero-order valence-electron chi connectivity index (χ0n) is 13.8. The van der Waals surface area contributed by atoms with Gasteiger partial charge in [0.15, 0.2) is 0 Å². The van der Waals surface area contributed by atoms with Gasteiger partial charge in [-0.3, -0.25) is 0 Å². The molecule has 114 valence electrons. The van der Waals surface area contributed by atoms with Crippen molar-refractivity contribution >= 4 is 0 Å². The van der Waals surface area contributed by atoms with Gasteiger partial charge in [-0.15, -0.1) is 0 Å². The minimum Gasteiger partial charge on any atom is -0.313 e.